The molecule has 1 aromatic carbocycles. The minimum Gasteiger partial charge on any atom is -0.468 e. The number of thioether (sulfide) groups is 1. The number of methoxy groups -OCH3 is 1. The van der Waals surface area contributed by atoms with E-state index in [1.807, 2.05) is 43.3 Å². The van der Waals surface area contributed by atoms with Crippen LogP contribution in [-0.4, -0.2) is 33.4 Å². The largest absolute Gasteiger partial charge is 0.468 e. The first-order valence-corrected chi connectivity index (χ1v) is 7.78. The summed E-state index contributed by atoms with van der Waals surface area (Å²) in [5.41, 5.74) is 3.72. The monoisotopic (exact) mass is 313 g/mol. The molecular formula is C16H15N3O2S. The van der Waals surface area contributed by atoms with Gasteiger partial charge in [-0.15, -0.1) is 0 Å². The summed E-state index contributed by atoms with van der Waals surface area (Å²) in [6.45, 7) is 1.93. The molecule has 112 valence electrons. The predicted molar refractivity (Wildman–Crippen MR) is 85.9 cm³/mol. The molecular weight excluding hydrogens is 298 g/mol. The van der Waals surface area contributed by atoms with Crippen LogP contribution in [0.15, 0.2) is 47.6 Å². The molecule has 0 fully saturated rings. The summed E-state index contributed by atoms with van der Waals surface area (Å²) < 4.78 is 6.45. The number of esters is 1. The second-order valence-electron chi connectivity index (χ2n) is 4.76. The Morgan fingerprint density at radius 2 is 2.09 bits per heavy atom. The zero-order chi connectivity index (χ0) is 15.5. The van der Waals surface area contributed by atoms with E-state index >= 15 is 0 Å². The van der Waals surface area contributed by atoms with E-state index in [2.05, 4.69) is 14.8 Å². The fourth-order valence-electron chi connectivity index (χ4n) is 2.17. The lowest BCUT2D eigenvalue weighted by Gasteiger charge is -2.06. The van der Waals surface area contributed by atoms with Gasteiger partial charge in [0.1, 0.15) is 5.03 Å². The van der Waals surface area contributed by atoms with Crippen molar-refractivity contribution in [3.8, 4) is 11.1 Å². The van der Waals surface area contributed by atoms with Gasteiger partial charge in [-0.25, -0.2) is 9.50 Å². The van der Waals surface area contributed by atoms with E-state index in [-0.39, 0.29) is 11.7 Å². The van der Waals surface area contributed by atoms with Crippen LogP contribution in [0.5, 0.6) is 0 Å². The quantitative estimate of drug-likeness (QED) is 0.421. The molecule has 2 heterocycles. The third-order valence-electron chi connectivity index (χ3n) is 3.22. The van der Waals surface area contributed by atoms with Crippen LogP contribution in [0.4, 0.5) is 0 Å². The Balaban J connectivity index is 2.05. The third kappa shape index (κ3) is 2.82. The Morgan fingerprint density at radius 3 is 2.82 bits per heavy atom. The van der Waals surface area contributed by atoms with E-state index in [1.165, 1.54) is 18.9 Å². The van der Waals surface area contributed by atoms with Crippen LogP contribution in [-0.2, 0) is 9.53 Å². The fourth-order valence-corrected chi connectivity index (χ4v) is 3.06. The molecule has 0 unspecified atom stereocenters. The first kappa shape index (κ1) is 14.6. The molecule has 22 heavy (non-hydrogen) atoms. The number of aromatic nitrogens is 3. The normalized spacial score (nSPS) is 10.8. The molecule has 6 heteroatoms. The number of hydrogen-bond acceptors (Lipinski definition) is 5. The molecule has 0 atom stereocenters. The second-order valence-corrected chi connectivity index (χ2v) is 5.76. The van der Waals surface area contributed by atoms with E-state index in [4.69, 9.17) is 0 Å². The molecule has 0 aliphatic carbocycles. The van der Waals surface area contributed by atoms with Gasteiger partial charge in [-0.3, -0.25) is 4.79 Å². The first-order valence-electron chi connectivity index (χ1n) is 6.79. The van der Waals surface area contributed by atoms with E-state index in [0.29, 0.717) is 0 Å². The maximum absolute atomic E-state index is 11.3. The molecule has 2 aromatic heterocycles. The highest BCUT2D eigenvalue weighted by Crippen LogP contribution is 2.27. The van der Waals surface area contributed by atoms with Crippen molar-refractivity contribution >= 4 is 23.4 Å². The topological polar surface area (TPSA) is 56.5 Å². The number of benzene rings is 1. The Kier molecular flexibility index (Phi) is 4.11. The maximum atomic E-state index is 11.3. The zero-order valence-electron chi connectivity index (χ0n) is 12.3. The predicted octanol–water partition coefficient (Wildman–Crippen LogP) is 2.97. The zero-order valence-corrected chi connectivity index (χ0v) is 13.1. The van der Waals surface area contributed by atoms with Crippen molar-refractivity contribution in [2.24, 2.45) is 0 Å². The van der Waals surface area contributed by atoms with Gasteiger partial charge in [0.25, 0.3) is 0 Å². The lowest BCUT2D eigenvalue weighted by atomic mass is 10.1. The molecule has 0 aliphatic heterocycles. The Hall–Kier alpha value is -2.34. The smallest absolute Gasteiger partial charge is 0.316 e. The summed E-state index contributed by atoms with van der Waals surface area (Å²) in [5, 5.41) is 5.29. The van der Waals surface area contributed by atoms with Gasteiger partial charge in [0, 0.05) is 11.3 Å². The van der Waals surface area contributed by atoms with Gasteiger partial charge >= 0.3 is 5.97 Å². The maximum Gasteiger partial charge on any atom is 0.316 e. The van der Waals surface area contributed by atoms with Crippen LogP contribution in [0.3, 0.4) is 0 Å². The molecule has 0 spiro atoms. The molecule has 0 amide bonds. The highest BCUT2D eigenvalue weighted by atomic mass is 32.2. The van der Waals surface area contributed by atoms with Crippen LogP contribution in [0.2, 0.25) is 0 Å². The standard InChI is InChI=1S/C16H15N3O2S/c1-11-8-14(22-10-15(20)21-2)19-16(18-11)13(9-17-19)12-6-4-3-5-7-12/h3-9H,10H2,1-2H3. The van der Waals surface area contributed by atoms with Crippen LogP contribution in [0.25, 0.3) is 16.8 Å². The number of carbonyl (C=O) groups is 1. The SMILES string of the molecule is COC(=O)CSc1cc(C)nc2c(-c3ccccc3)cnn12. The number of rotatable bonds is 4. The summed E-state index contributed by atoms with van der Waals surface area (Å²) in [6, 6.07) is 11.9. The Bertz CT molecular complexity index is 815. The number of hydrogen-bond donors (Lipinski definition) is 0. The van der Waals surface area contributed by atoms with Crippen molar-refractivity contribution in [1.82, 2.24) is 14.6 Å². The highest BCUT2D eigenvalue weighted by Gasteiger charge is 2.13. The lowest BCUT2D eigenvalue weighted by molar-refractivity contribution is -0.137. The van der Waals surface area contributed by atoms with Crippen LogP contribution < -0.4 is 0 Å². The van der Waals surface area contributed by atoms with E-state index in [1.54, 1.807) is 10.7 Å². The van der Waals surface area contributed by atoms with Crippen LogP contribution >= 0.6 is 11.8 Å². The third-order valence-corrected chi connectivity index (χ3v) is 4.18. The molecule has 0 radical (unpaired) electrons. The van der Waals surface area contributed by atoms with Crippen LogP contribution in [0.1, 0.15) is 5.69 Å². The summed E-state index contributed by atoms with van der Waals surface area (Å²) in [4.78, 5) is 15.9. The van der Waals surface area contributed by atoms with Gasteiger partial charge in [-0.2, -0.15) is 5.10 Å². The van der Waals surface area contributed by atoms with Crippen molar-refractivity contribution in [1.29, 1.82) is 0 Å². The lowest BCUT2D eigenvalue weighted by Crippen LogP contribution is -2.05. The van der Waals surface area contributed by atoms with Gasteiger partial charge in [0.05, 0.1) is 19.1 Å². The van der Waals surface area contributed by atoms with Crippen molar-refractivity contribution in [3.63, 3.8) is 0 Å². The van der Waals surface area contributed by atoms with Gasteiger partial charge in [0.2, 0.25) is 0 Å². The van der Waals surface area contributed by atoms with E-state index < -0.39 is 0 Å². The molecule has 0 saturated heterocycles. The van der Waals surface area contributed by atoms with Crippen molar-refractivity contribution < 1.29 is 9.53 Å². The van der Waals surface area contributed by atoms with Gasteiger partial charge in [0.15, 0.2) is 5.65 Å². The average Bonchev–Trinajstić information content (AvgIpc) is 2.96. The second kappa shape index (κ2) is 6.19. The number of ether oxygens (including phenoxy) is 1. The molecule has 0 N–H and O–H groups in total. The first-order chi connectivity index (χ1) is 10.7. The van der Waals surface area contributed by atoms with Crippen molar-refractivity contribution in [2.75, 3.05) is 12.9 Å². The minimum atomic E-state index is -0.261. The van der Waals surface area contributed by atoms with Gasteiger partial charge in [-0.05, 0) is 18.6 Å². The number of aryl methyl sites for hydroxylation is 1. The summed E-state index contributed by atoms with van der Waals surface area (Å²) >= 11 is 1.39. The minimum absolute atomic E-state index is 0.246. The number of fused-ring (bicyclic) bond motifs is 1. The van der Waals surface area contributed by atoms with Gasteiger partial charge < -0.3 is 4.74 Å². The average molecular weight is 313 g/mol. The molecule has 0 aliphatic rings. The van der Waals surface area contributed by atoms with E-state index in [0.717, 1.165) is 27.5 Å². The summed E-state index contributed by atoms with van der Waals surface area (Å²) in [5.74, 6) is -0.0154. The van der Waals surface area contributed by atoms with Crippen LogP contribution in [0, 0.1) is 6.92 Å². The highest BCUT2D eigenvalue weighted by molar-refractivity contribution is 7.99. The van der Waals surface area contributed by atoms with Crippen molar-refractivity contribution in [2.45, 2.75) is 11.9 Å². The summed E-state index contributed by atoms with van der Waals surface area (Å²) in [6.07, 6.45) is 1.80. The van der Waals surface area contributed by atoms with Crippen molar-refractivity contribution in [3.05, 3.63) is 48.3 Å². The number of nitrogens with zero attached hydrogens (tertiary/aromatic N) is 3. The Labute approximate surface area is 132 Å². The number of carbonyl (C=O) groups excluding carboxylic acids is 1. The molecule has 0 bridgehead atoms. The Morgan fingerprint density at radius 1 is 1.32 bits per heavy atom. The molecule has 3 rings (SSSR count). The molecule has 5 nitrogen and oxygen atoms in total. The molecule has 0 saturated carbocycles. The van der Waals surface area contributed by atoms with Gasteiger partial charge in [-0.1, -0.05) is 42.1 Å². The van der Waals surface area contributed by atoms with E-state index in [9.17, 15) is 4.79 Å². The molecule has 3 aromatic rings. The fraction of sp³-hybridized carbons (Fsp3) is 0.188. The summed E-state index contributed by atoms with van der Waals surface area (Å²) in [7, 11) is 1.39.